The second-order valence-corrected chi connectivity index (χ2v) is 9.01. The molecular formula is C21H26N2O5S. The first-order chi connectivity index (χ1) is 13.8. The number of nitrogens with zero attached hydrogens (tertiary/aromatic N) is 1. The Kier molecular flexibility index (Phi) is 6.44. The lowest BCUT2D eigenvalue weighted by molar-refractivity contribution is -0.120. The average Bonchev–Trinajstić information content (AvgIpc) is 2.74. The Hall–Kier alpha value is -2.58. The summed E-state index contributed by atoms with van der Waals surface area (Å²) in [6, 6.07) is 11.9. The number of carbonyl (C=O) groups excluding carboxylic acids is 1. The van der Waals surface area contributed by atoms with E-state index < -0.39 is 15.9 Å². The molecule has 29 heavy (non-hydrogen) atoms. The van der Waals surface area contributed by atoms with Crippen molar-refractivity contribution in [2.75, 3.05) is 32.6 Å². The summed E-state index contributed by atoms with van der Waals surface area (Å²) in [7, 11) is -0.552. The summed E-state index contributed by atoms with van der Waals surface area (Å²) in [5.41, 5.74) is 1.57. The highest BCUT2D eigenvalue weighted by Gasteiger charge is 2.33. The minimum atomic E-state index is -3.62. The van der Waals surface area contributed by atoms with Gasteiger partial charge < -0.3 is 14.8 Å². The monoisotopic (exact) mass is 418 g/mol. The maximum atomic E-state index is 12.9. The number of rotatable bonds is 6. The van der Waals surface area contributed by atoms with Crippen molar-refractivity contribution >= 4 is 21.6 Å². The van der Waals surface area contributed by atoms with E-state index in [0.29, 0.717) is 36.6 Å². The van der Waals surface area contributed by atoms with Crippen LogP contribution in [0.3, 0.4) is 0 Å². The van der Waals surface area contributed by atoms with Crippen molar-refractivity contribution in [1.29, 1.82) is 0 Å². The lowest BCUT2D eigenvalue weighted by Crippen LogP contribution is -2.43. The van der Waals surface area contributed by atoms with Crippen molar-refractivity contribution < 1.29 is 22.7 Å². The van der Waals surface area contributed by atoms with Gasteiger partial charge in [0.05, 0.1) is 25.0 Å². The predicted octanol–water partition coefficient (Wildman–Crippen LogP) is 3.05. The van der Waals surface area contributed by atoms with Crippen molar-refractivity contribution in [3.8, 4) is 11.5 Å². The molecule has 2 aromatic carbocycles. The molecule has 1 atom stereocenters. The summed E-state index contributed by atoms with van der Waals surface area (Å²) < 4.78 is 37.8. The van der Waals surface area contributed by atoms with Crippen LogP contribution >= 0.6 is 0 Å². The number of hydrogen-bond donors (Lipinski definition) is 1. The second-order valence-electron chi connectivity index (χ2n) is 7.07. The lowest BCUT2D eigenvalue weighted by Gasteiger charge is -2.31. The molecule has 0 aliphatic carbocycles. The number of piperidine rings is 1. The first-order valence-electron chi connectivity index (χ1n) is 9.45. The molecule has 2 aromatic rings. The molecular weight excluding hydrogens is 392 g/mol. The maximum absolute atomic E-state index is 12.9. The van der Waals surface area contributed by atoms with Gasteiger partial charge >= 0.3 is 0 Å². The van der Waals surface area contributed by atoms with Crippen LogP contribution in [0.1, 0.15) is 18.4 Å². The Labute approximate surface area is 171 Å². The molecule has 0 radical (unpaired) electrons. The smallest absolute Gasteiger partial charge is 0.243 e. The molecule has 1 amide bonds. The third kappa shape index (κ3) is 4.71. The molecule has 1 aliphatic rings. The van der Waals surface area contributed by atoms with E-state index in [-0.39, 0.29) is 17.3 Å². The number of anilines is 1. The molecule has 0 spiro atoms. The molecule has 1 heterocycles. The minimum absolute atomic E-state index is 0.162. The zero-order valence-corrected chi connectivity index (χ0v) is 17.7. The van der Waals surface area contributed by atoms with Gasteiger partial charge in [-0.25, -0.2) is 8.42 Å². The standard InChI is InChI=1S/C21H26N2O5S/c1-15-6-9-18(10-7-15)29(25,26)23-12-4-5-16(14-23)21(24)22-17-8-11-19(27-2)20(13-17)28-3/h6-11,13,16H,4-5,12,14H2,1-3H3,(H,22,24)/t16-/m1/s1. The molecule has 1 aliphatic heterocycles. The lowest BCUT2D eigenvalue weighted by atomic mass is 9.98. The van der Waals surface area contributed by atoms with Crippen LogP contribution in [0.4, 0.5) is 5.69 Å². The number of amides is 1. The highest BCUT2D eigenvalue weighted by atomic mass is 32.2. The van der Waals surface area contributed by atoms with Gasteiger partial charge in [0, 0.05) is 24.8 Å². The van der Waals surface area contributed by atoms with Gasteiger partial charge in [-0.15, -0.1) is 0 Å². The van der Waals surface area contributed by atoms with Gasteiger partial charge in [-0.1, -0.05) is 17.7 Å². The average molecular weight is 419 g/mol. The summed E-state index contributed by atoms with van der Waals surface area (Å²) >= 11 is 0. The van der Waals surface area contributed by atoms with Crippen LogP contribution in [0, 0.1) is 12.8 Å². The van der Waals surface area contributed by atoms with Crippen LogP contribution < -0.4 is 14.8 Å². The van der Waals surface area contributed by atoms with Crippen LogP contribution in [-0.4, -0.2) is 45.9 Å². The van der Waals surface area contributed by atoms with E-state index in [1.165, 1.54) is 11.4 Å². The summed E-state index contributed by atoms with van der Waals surface area (Å²) in [6.45, 7) is 2.48. The number of nitrogens with one attached hydrogen (secondary N) is 1. The quantitative estimate of drug-likeness (QED) is 0.779. The van der Waals surface area contributed by atoms with Gasteiger partial charge in [-0.2, -0.15) is 4.31 Å². The molecule has 0 bridgehead atoms. The summed E-state index contributed by atoms with van der Waals surface area (Å²) in [4.78, 5) is 13.0. The number of hydrogen-bond acceptors (Lipinski definition) is 5. The molecule has 0 aromatic heterocycles. The van der Waals surface area contributed by atoms with E-state index in [1.54, 1.807) is 49.6 Å². The fourth-order valence-corrected chi connectivity index (χ4v) is 4.92. The predicted molar refractivity (Wildman–Crippen MR) is 111 cm³/mol. The van der Waals surface area contributed by atoms with Gasteiger partial charge in [-0.05, 0) is 44.0 Å². The van der Waals surface area contributed by atoms with E-state index in [2.05, 4.69) is 5.32 Å². The minimum Gasteiger partial charge on any atom is -0.493 e. The Bertz CT molecular complexity index is 973. The second kappa shape index (κ2) is 8.84. The van der Waals surface area contributed by atoms with Crippen molar-refractivity contribution in [3.05, 3.63) is 48.0 Å². The van der Waals surface area contributed by atoms with Gasteiger partial charge in [0.25, 0.3) is 0 Å². The molecule has 0 unspecified atom stereocenters. The Balaban J connectivity index is 1.72. The van der Waals surface area contributed by atoms with Crippen molar-refractivity contribution in [2.45, 2.75) is 24.7 Å². The zero-order chi connectivity index (χ0) is 21.0. The van der Waals surface area contributed by atoms with Crippen LogP contribution in [0.2, 0.25) is 0 Å². The Morgan fingerprint density at radius 1 is 1.07 bits per heavy atom. The molecule has 156 valence electrons. The topological polar surface area (TPSA) is 84.9 Å². The van der Waals surface area contributed by atoms with Crippen LogP contribution in [-0.2, 0) is 14.8 Å². The number of carbonyl (C=O) groups is 1. The number of ether oxygens (including phenoxy) is 2. The Morgan fingerprint density at radius 2 is 1.76 bits per heavy atom. The number of benzene rings is 2. The number of methoxy groups -OCH3 is 2. The number of aryl methyl sites for hydroxylation is 1. The first kappa shape index (κ1) is 21.1. The van der Waals surface area contributed by atoms with E-state index in [4.69, 9.17) is 9.47 Å². The summed E-state index contributed by atoms with van der Waals surface area (Å²) in [5.74, 6) is 0.453. The van der Waals surface area contributed by atoms with E-state index >= 15 is 0 Å². The molecule has 1 saturated heterocycles. The highest BCUT2D eigenvalue weighted by Crippen LogP contribution is 2.30. The van der Waals surface area contributed by atoms with Crippen molar-refractivity contribution in [3.63, 3.8) is 0 Å². The van der Waals surface area contributed by atoms with Gasteiger partial charge in [0.2, 0.25) is 15.9 Å². The molecule has 0 saturated carbocycles. The van der Waals surface area contributed by atoms with Crippen molar-refractivity contribution in [2.24, 2.45) is 5.92 Å². The molecule has 8 heteroatoms. The summed E-state index contributed by atoms with van der Waals surface area (Å²) in [6.07, 6.45) is 1.27. The Morgan fingerprint density at radius 3 is 2.41 bits per heavy atom. The normalized spacial score (nSPS) is 17.6. The van der Waals surface area contributed by atoms with E-state index in [1.807, 2.05) is 6.92 Å². The largest absolute Gasteiger partial charge is 0.493 e. The highest BCUT2D eigenvalue weighted by molar-refractivity contribution is 7.89. The molecule has 7 nitrogen and oxygen atoms in total. The molecule has 1 N–H and O–H groups in total. The van der Waals surface area contributed by atoms with Gasteiger partial charge in [0.15, 0.2) is 11.5 Å². The van der Waals surface area contributed by atoms with Gasteiger partial charge in [0.1, 0.15) is 0 Å². The molecule has 1 fully saturated rings. The molecule has 3 rings (SSSR count). The first-order valence-corrected chi connectivity index (χ1v) is 10.9. The van der Waals surface area contributed by atoms with Crippen molar-refractivity contribution in [1.82, 2.24) is 4.31 Å². The van der Waals surface area contributed by atoms with Crippen LogP contribution in [0.5, 0.6) is 11.5 Å². The summed E-state index contributed by atoms with van der Waals surface area (Å²) in [5, 5.41) is 2.86. The fourth-order valence-electron chi connectivity index (χ4n) is 3.39. The SMILES string of the molecule is COc1ccc(NC(=O)[C@@H]2CCCN(S(=O)(=O)c3ccc(C)cc3)C2)cc1OC. The third-order valence-corrected chi connectivity index (χ3v) is 6.94. The maximum Gasteiger partial charge on any atom is 0.243 e. The van der Waals surface area contributed by atoms with E-state index in [0.717, 1.165) is 5.56 Å². The van der Waals surface area contributed by atoms with E-state index in [9.17, 15) is 13.2 Å². The zero-order valence-electron chi connectivity index (χ0n) is 16.8. The number of sulfonamides is 1. The van der Waals surface area contributed by atoms with Gasteiger partial charge in [-0.3, -0.25) is 4.79 Å². The fraction of sp³-hybridized carbons (Fsp3) is 0.381. The third-order valence-electron chi connectivity index (χ3n) is 5.06. The van der Waals surface area contributed by atoms with Crippen LogP contribution in [0.15, 0.2) is 47.4 Å². The van der Waals surface area contributed by atoms with Crippen LogP contribution in [0.25, 0.3) is 0 Å².